The first kappa shape index (κ1) is 35.9. The zero-order valence-corrected chi connectivity index (χ0v) is 28.8. The van der Waals surface area contributed by atoms with E-state index in [1.165, 1.54) is 18.3 Å². The van der Waals surface area contributed by atoms with Gasteiger partial charge in [0, 0.05) is 62.8 Å². The third-order valence-corrected chi connectivity index (χ3v) is 9.94. The molecule has 0 aliphatic carbocycles. The van der Waals surface area contributed by atoms with Gasteiger partial charge in [0.1, 0.15) is 24.5 Å². The third kappa shape index (κ3) is 9.61. The molecule has 3 amide bonds. The Hall–Kier alpha value is -4.41. The van der Waals surface area contributed by atoms with Crippen molar-refractivity contribution in [1.29, 1.82) is 0 Å². The first-order chi connectivity index (χ1) is 23.4. The Morgan fingerprint density at radius 3 is 2.27 bits per heavy atom. The van der Waals surface area contributed by atoms with Gasteiger partial charge >= 0.3 is 6.03 Å². The zero-order chi connectivity index (χ0) is 35.1. The van der Waals surface area contributed by atoms with Crippen LogP contribution in [0.3, 0.4) is 0 Å². The number of carbonyl (C=O) groups is 2. The van der Waals surface area contributed by atoms with Gasteiger partial charge in [-0.05, 0) is 44.2 Å². The molecule has 15 nitrogen and oxygen atoms in total. The second-order valence-electron chi connectivity index (χ2n) is 12.4. The number of piperazine rings is 1. The summed E-state index contributed by atoms with van der Waals surface area (Å²) in [4.78, 5) is 39.6. The van der Waals surface area contributed by atoms with E-state index in [9.17, 15) is 28.2 Å². The molecular weight excluding hydrogens is 656 g/mol. The SMILES string of the molecule is COc1cc2c(N3CCN(C(=O)Nc4ccc(OC(C)C)cc4)CC3)ncnc2cc1OCC(O)CC(O)CC(=O)N1CCS(=O)(=O)CC1. The highest BCUT2D eigenvalue weighted by atomic mass is 32.2. The van der Waals surface area contributed by atoms with Gasteiger partial charge in [-0.15, -0.1) is 0 Å². The number of fused-ring (bicyclic) bond motifs is 1. The standard InChI is InChI=1S/C33H44N6O9S/c1-22(2)48-26-6-4-23(5-7-26)36-33(43)39-10-8-38(9-11-39)32-27-18-29(46-3)30(19-28(27)34-21-35-32)47-20-25(41)16-24(40)17-31(42)37-12-14-49(44,45)15-13-37/h4-7,18-19,21-22,24-25,40-41H,8-17,20H2,1-3H3,(H,36,43). The quantitative estimate of drug-likeness (QED) is 0.250. The molecule has 16 heteroatoms. The van der Waals surface area contributed by atoms with E-state index in [1.54, 1.807) is 17.0 Å². The number of hydrogen-bond donors (Lipinski definition) is 3. The summed E-state index contributed by atoms with van der Waals surface area (Å²) in [7, 11) is -1.63. The number of nitrogens with zero attached hydrogens (tertiary/aromatic N) is 5. The fourth-order valence-electron chi connectivity index (χ4n) is 5.73. The van der Waals surface area contributed by atoms with Gasteiger partial charge in [0.25, 0.3) is 0 Å². The summed E-state index contributed by atoms with van der Waals surface area (Å²) in [6, 6.07) is 10.6. The molecule has 0 bridgehead atoms. The molecule has 2 saturated heterocycles. The van der Waals surface area contributed by atoms with Crippen LogP contribution >= 0.6 is 0 Å². The number of anilines is 2. The molecule has 5 rings (SSSR count). The van der Waals surface area contributed by atoms with E-state index in [-0.39, 0.29) is 62.1 Å². The highest BCUT2D eigenvalue weighted by molar-refractivity contribution is 7.91. The fraction of sp³-hybridized carbons (Fsp3) is 0.515. The normalized spacial score (nSPS) is 17.5. The summed E-state index contributed by atoms with van der Waals surface area (Å²) in [5.41, 5.74) is 1.28. The summed E-state index contributed by atoms with van der Waals surface area (Å²) in [6.45, 7) is 6.01. The van der Waals surface area contributed by atoms with Crippen molar-refractivity contribution in [2.45, 2.75) is 45.0 Å². The lowest BCUT2D eigenvalue weighted by Gasteiger charge is -2.35. The molecule has 2 aromatic carbocycles. The smallest absolute Gasteiger partial charge is 0.321 e. The van der Waals surface area contributed by atoms with Crippen molar-refractivity contribution in [3.63, 3.8) is 0 Å². The van der Waals surface area contributed by atoms with Crippen LogP contribution in [0.4, 0.5) is 16.3 Å². The number of aromatic nitrogens is 2. The largest absolute Gasteiger partial charge is 0.493 e. The van der Waals surface area contributed by atoms with Crippen molar-refractivity contribution < 1.29 is 42.4 Å². The van der Waals surface area contributed by atoms with Crippen LogP contribution in [0.25, 0.3) is 10.9 Å². The van der Waals surface area contributed by atoms with Crippen LogP contribution < -0.4 is 24.4 Å². The summed E-state index contributed by atoms with van der Waals surface area (Å²) in [5, 5.41) is 24.6. The Labute approximate surface area is 285 Å². The van der Waals surface area contributed by atoms with Gasteiger partial charge in [0.05, 0.1) is 48.9 Å². The monoisotopic (exact) mass is 700 g/mol. The topological polar surface area (TPSA) is 184 Å². The average Bonchev–Trinajstić information content (AvgIpc) is 3.07. The van der Waals surface area contributed by atoms with Crippen molar-refractivity contribution >= 4 is 44.2 Å². The van der Waals surface area contributed by atoms with Crippen LogP contribution in [-0.4, -0.2) is 133 Å². The van der Waals surface area contributed by atoms with E-state index in [0.717, 1.165) is 11.1 Å². The minimum absolute atomic E-state index is 0.0649. The molecule has 1 aromatic heterocycles. The summed E-state index contributed by atoms with van der Waals surface area (Å²) < 4.78 is 40.3. The molecule has 266 valence electrons. The van der Waals surface area contributed by atoms with Crippen molar-refractivity contribution in [2.75, 3.05) is 74.7 Å². The third-order valence-electron chi connectivity index (χ3n) is 8.33. The lowest BCUT2D eigenvalue weighted by atomic mass is 10.1. The Kier molecular flexibility index (Phi) is 11.6. The van der Waals surface area contributed by atoms with Crippen LogP contribution in [0.1, 0.15) is 26.7 Å². The van der Waals surface area contributed by atoms with E-state index in [1.807, 2.05) is 38.1 Å². The second-order valence-corrected chi connectivity index (χ2v) is 14.7. The van der Waals surface area contributed by atoms with Gasteiger partial charge in [-0.25, -0.2) is 23.2 Å². The molecule has 0 spiro atoms. The second kappa shape index (κ2) is 15.9. The number of aliphatic hydroxyl groups is 2. The van der Waals surface area contributed by atoms with Crippen LogP contribution in [0.15, 0.2) is 42.7 Å². The lowest BCUT2D eigenvalue weighted by Crippen LogP contribution is -2.50. The number of rotatable bonds is 12. The number of urea groups is 1. The number of amides is 3. The molecule has 0 saturated carbocycles. The predicted molar refractivity (Wildman–Crippen MR) is 183 cm³/mol. The molecule has 3 aromatic rings. The Bertz CT molecular complexity index is 1700. The molecule has 2 aliphatic heterocycles. The van der Waals surface area contributed by atoms with E-state index >= 15 is 0 Å². The number of sulfone groups is 1. The molecule has 2 fully saturated rings. The van der Waals surface area contributed by atoms with Gasteiger partial charge in [-0.3, -0.25) is 4.79 Å². The lowest BCUT2D eigenvalue weighted by molar-refractivity contribution is -0.133. The van der Waals surface area contributed by atoms with E-state index in [2.05, 4.69) is 20.2 Å². The van der Waals surface area contributed by atoms with Crippen LogP contribution in [-0.2, 0) is 14.6 Å². The molecule has 49 heavy (non-hydrogen) atoms. The summed E-state index contributed by atoms with van der Waals surface area (Å²) >= 11 is 0. The van der Waals surface area contributed by atoms with Crippen LogP contribution in [0, 0.1) is 0 Å². The first-order valence-electron chi connectivity index (χ1n) is 16.3. The van der Waals surface area contributed by atoms with Crippen LogP contribution in [0.5, 0.6) is 17.2 Å². The van der Waals surface area contributed by atoms with Crippen molar-refractivity contribution in [1.82, 2.24) is 19.8 Å². The molecule has 3 N–H and O–H groups in total. The predicted octanol–water partition coefficient (Wildman–Crippen LogP) is 1.92. The Morgan fingerprint density at radius 2 is 1.61 bits per heavy atom. The van der Waals surface area contributed by atoms with E-state index in [4.69, 9.17) is 14.2 Å². The molecule has 2 atom stereocenters. The van der Waals surface area contributed by atoms with Gasteiger partial charge in [0.15, 0.2) is 21.3 Å². The highest BCUT2D eigenvalue weighted by Gasteiger charge is 2.28. The number of methoxy groups -OCH3 is 1. The minimum Gasteiger partial charge on any atom is -0.493 e. The van der Waals surface area contributed by atoms with Crippen molar-refractivity contribution in [3.8, 4) is 17.2 Å². The molecular formula is C33H44N6O9S. The molecule has 2 aliphatic rings. The maximum absolute atomic E-state index is 12.9. The maximum atomic E-state index is 12.9. The number of aliphatic hydroxyl groups excluding tert-OH is 2. The van der Waals surface area contributed by atoms with Gasteiger partial charge in [-0.2, -0.15) is 0 Å². The number of ether oxygens (including phenoxy) is 3. The molecule has 3 heterocycles. The van der Waals surface area contributed by atoms with E-state index in [0.29, 0.717) is 54.7 Å². The van der Waals surface area contributed by atoms with Crippen LogP contribution in [0.2, 0.25) is 0 Å². The van der Waals surface area contributed by atoms with Gasteiger partial charge in [-0.1, -0.05) is 0 Å². The number of carbonyl (C=O) groups excluding carboxylic acids is 2. The average molecular weight is 701 g/mol. The van der Waals surface area contributed by atoms with Gasteiger partial charge in [0.2, 0.25) is 5.91 Å². The molecule has 2 unspecified atom stereocenters. The highest BCUT2D eigenvalue weighted by Crippen LogP contribution is 2.35. The molecule has 0 radical (unpaired) electrons. The first-order valence-corrected chi connectivity index (χ1v) is 18.1. The summed E-state index contributed by atoms with van der Waals surface area (Å²) in [5.74, 6) is 1.63. The number of benzene rings is 2. The van der Waals surface area contributed by atoms with E-state index < -0.39 is 22.0 Å². The number of nitrogens with one attached hydrogen (secondary N) is 1. The van der Waals surface area contributed by atoms with Gasteiger partial charge < -0.3 is 44.4 Å². The minimum atomic E-state index is -3.13. The Morgan fingerprint density at radius 1 is 0.918 bits per heavy atom. The zero-order valence-electron chi connectivity index (χ0n) is 27.9. The summed E-state index contributed by atoms with van der Waals surface area (Å²) in [6.07, 6.45) is -1.02. The number of hydrogen-bond acceptors (Lipinski definition) is 12. The Balaban J connectivity index is 1.14. The maximum Gasteiger partial charge on any atom is 0.321 e. The fourth-order valence-corrected chi connectivity index (χ4v) is 6.93. The van der Waals surface area contributed by atoms with Crippen molar-refractivity contribution in [2.24, 2.45) is 0 Å². The van der Waals surface area contributed by atoms with Crippen molar-refractivity contribution in [3.05, 3.63) is 42.7 Å².